The van der Waals surface area contributed by atoms with E-state index >= 15 is 0 Å². The summed E-state index contributed by atoms with van der Waals surface area (Å²) in [6.07, 6.45) is 6.95. The number of carbonyl (C=O) groups is 1. The lowest BCUT2D eigenvalue weighted by molar-refractivity contribution is -0.136. The van der Waals surface area contributed by atoms with Gasteiger partial charge in [0, 0.05) is 43.4 Å². The lowest BCUT2D eigenvalue weighted by atomic mass is 9.94. The van der Waals surface area contributed by atoms with E-state index in [1.807, 2.05) is 12.3 Å². The van der Waals surface area contributed by atoms with E-state index in [1.165, 1.54) is 11.1 Å². The highest BCUT2D eigenvalue weighted by Crippen LogP contribution is 2.62. The summed E-state index contributed by atoms with van der Waals surface area (Å²) >= 11 is 0. The fourth-order valence-corrected chi connectivity index (χ4v) is 4.96. The number of nitrogens with one attached hydrogen (secondary N) is 1. The Hall–Kier alpha value is -2.20. The molecule has 1 N–H and O–H groups in total. The van der Waals surface area contributed by atoms with E-state index in [0.29, 0.717) is 5.91 Å². The van der Waals surface area contributed by atoms with E-state index in [-0.39, 0.29) is 17.4 Å². The molecule has 1 aromatic heterocycles. The van der Waals surface area contributed by atoms with Crippen molar-refractivity contribution < 1.29 is 4.79 Å². The molecule has 3 aliphatic rings. The fraction of sp³-hybridized carbons (Fsp3) is 0.429. The second-order valence-corrected chi connectivity index (χ2v) is 7.61. The lowest BCUT2D eigenvalue weighted by Gasteiger charge is -2.37. The normalized spacial score (nSPS) is 30.3. The van der Waals surface area contributed by atoms with E-state index in [2.05, 4.69) is 45.5 Å². The highest BCUT2D eigenvalue weighted by atomic mass is 16.2. The molecule has 1 saturated carbocycles. The molecule has 2 aliphatic carbocycles. The van der Waals surface area contributed by atoms with Crippen molar-refractivity contribution in [2.24, 2.45) is 5.92 Å². The first kappa shape index (κ1) is 15.1. The topological polar surface area (TPSA) is 45.2 Å². The monoisotopic (exact) mass is 333 g/mol. The number of carbonyl (C=O) groups excluding carboxylic acids is 1. The van der Waals surface area contributed by atoms with Crippen molar-refractivity contribution in [3.05, 3.63) is 65.5 Å². The highest BCUT2D eigenvalue weighted by molar-refractivity contribution is 5.85. The zero-order valence-corrected chi connectivity index (χ0v) is 14.3. The van der Waals surface area contributed by atoms with Gasteiger partial charge >= 0.3 is 0 Å². The first-order valence-corrected chi connectivity index (χ1v) is 9.29. The van der Waals surface area contributed by atoms with Gasteiger partial charge in [-0.05, 0) is 42.0 Å². The zero-order valence-electron chi connectivity index (χ0n) is 14.3. The molecule has 3 atom stereocenters. The number of aromatic nitrogens is 1. The van der Waals surface area contributed by atoms with Crippen LogP contribution in [0.15, 0.2) is 48.8 Å². The van der Waals surface area contributed by atoms with Crippen LogP contribution in [0, 0.1) is 5.92 Å². The van der Waals surface area contributed by atoms with Crippen LogP contribution in [0.5, 0.6) is 0 Å². The van der Waals surface area contributed by atoms with Crippen molar-refractivity contribution in [3.63, 3.8) is 0 Å². The van der Waals surface area contributed by atoms with Crippen LogP contribution in [0.4, 0.5) is 0 Å². The third-order valence-corrected chi connectivity index (χ3v) is 6.36. The average molecular weight is 333 g/mol. The number of pyridine rings is 1. The van der Waals surface area contributed by atoms with Crippen LogP contribution in [0.1, 0.15) is 35.6 Å². The smallest absolute Gasteiger partial charge is 0.227 e. The second-order valence-electron chi connectivity index (χ2n) is 7.61. The van der Waals surface area contributed by atoms with Crippen molar-refractivity contribution >= 4 is 5.91 Å². The molecule has 5 rings (SSSR count). The first-order chi connectivity index (χ1) is 12.3. The maximum Gasteiger partial charge on any atom is 0.227 e. The summed E-state index contributed by atoms with van der Waals surface area (Å²) in [6.45, 7) is 2.47. The quantitative estimate of drug-likeness (QED) is 0.918. The average Bonchev–Trinajstić information content (AvgIpc) is 3.30. The molecular weight excluding hydrogens is 310 g/mol. The minimum atomic E-state index is 0.101. The molecular formula is C21H23N3O. The Kier molecular flexibility index (Phi) is 3.42. The van der Waals surface area contributed by atoms with Crippen LogP contribution in [0.2, 0.25) is 0 Å². The van der Waals surface area contributed by atoms with Crippen molar-refractivity contribution in [1.29, 1.82) is 0 Å². The van der Waals surface area contributed by atoms with Gasteiger partial charge in [0.05, 0.1) is 6.04 Å². The number of benzene rings is 1. The van der Waals surface area contributed by atoms with Crippen molar-refractivity contribution in [1.82, 2.24) is 15.2 Å². The van der Waals surface area contributed by atoms with Gasteiger partial charge in [-0.15, -0.1) is 0 Å². The molecule has 2 heterocycles. The Morgan fingerprint density at radius 3 is 3.04 bits per heavy atom. The van der Waals surface area contributed by atoms with E-state index in [0.717, 1.165) is 44.5 Å². The van der Waals surface area contributed by atoms with Crippen LogP contribution in [0.25, 0.3) is 0 Å². The molecule has 1 spiro atoms. The van der Waals surface area contributed by atoms with Gasteiger partial charge in [0.15, 0.2) is 0 Å². The molecule has 1 aliphatic heterocycles. The number of aryl methyl sites for hydroxylation is 1. The number of rotatable bonds is 2. The fourth-order valence-electron chi connectivity index (χ4n) is 4.96. The third kappa shape index (κ3) is 2.31. The predicted octanol–water partition coefficient (Wildman–Crippen LogP) is 2.46. The minimum absolute atomic E-state index is 0.101. The van der Waals surface area contributed by atoms with E-state index < -0.39 is 0 Å². The van der Waals surface area contributed by atoms with E-state index in [1.54, 1.807) is 6.20 Å². The molecule has 0 bridgehead atoms. The summed E-state index contributed by atoms with van der Waals surface area (Å²) in [5.74, 6) is 0.500. The molecule has 4 nitrogen and oxygen atoms in total. The number of piperazine rings is 1. The Morgan fingerprint density at radius 1 is 1.24 bits per heavy atom. The second kappa shape index (κ2) is 5.67. The Labute approximate surface area is 148 Å². The molecule has 1 saturated heterocycles. The van der Waals surface area contributed by atoms with Crippen molar-refractivity contribution in [2.75, 3.05) is 19.6 Å². The van der Waals surface area contributed by atoms with Gasteiger partial charge in [0.25, 0.3) is 0 Å². The first-order valence-electron chi connectivity index (χ1n) is 9.29. The van der Waals surface area contributed by atoms with Gasteiger partial charge in [-0.1, -0.05) is 30.3 Å². The maximum atomic E-state index is 13.4. The van der Waals surface area contributed by atoms with Gasteiger partial charge in [-0.3, -0.25) is 9.78 Å². The Morgan fingerprint density at radius 2 is 2.16 bits per heavy atom. The molecule has 0 radical (unpaired) electrons. The largest absolute Gasteiger partial charge is 0.333 e. The van der Waals surface area contributed by atoms with Crippen LogP contribution >= 0.6 is 0 Å². The molecule has 1 amide bonds. The van der Waals surface area contributed by atoms with Gasteiger partial charge in [-0.25, -0.2) is 0 Å². The Bertz CT molecular complexity index is 806. The van der Waals surface area contributed by atoms with Gasteiger partial charge in [0.1, 0.15) is 0 Å². The minimum Gasteiger partial charge on any atom is -0.333 e. The molecule has 2 aromatic rings. The molecule has 3 unspecified atom stereocenters. The lowest BCUT2D eigenvalue weighted by Crippen LogP contribution is -2.49. The van der Waals surface area contributed by atoms with E-state index in [9.17, 15) is 4.79 Å². The van der Waals surface area contributed by atoms with Gasteiger partial charge < -0.3 is 10.2 Å². The molecule has 2 fully saturated rings. The number of hydrogen-bond acceptors (Lipinski definition) is 3. The molecule has 4 heteroatoms. The predicted molar refractivity (Wildman–Crippen MR) is 96.1 cm³/mol. The summed E-state index contributed by atoms with van der Waals surface area (Å²) in [5.41, 5.74) is 4.13. The molecule has 128 valence electrons. The Balaban J connectivity index is 1.41. The summed E-state index contributed by atoms with van der Waals surface area (Å²) in [4.78, 5) is 19.7. The standard InChI is InChI=1S/C21H23N3O/c25-20(18-12-21(18)8-7-15-4-1-2-6-17(15)21)24-11-10-23-14-19(24)16-5-3-9-22-13-16/h1-6,9,13,18-19,23H,7-8,10-12,14H2. The van der Waals surface area contributed by atoms with E-state index in [4.69, 9.17) is 0 Å². The van der Waals surface area contributed by atoms with Crippen molar-refractivity contribution in [3.8, 4) is 0 Å². The number of nitrogens with zero attached hydrogens (tertiary/aromatic N) is 2. The van der Waals surface area contributed by atoms with Crippen LogP contribution < -0.4 is 5.32 Å². The summed E-state index contributed by atoms with van der Waals surface area (Å²) < 4.78 is 0. The summed E-state index contributed by atoms with van der Waals surface area (Å²) in [7, 11) is 0. The number of hydrogen-bond donors (Lipinski definition) is 1. The van der Waals surface area contributed by atoms with Crippen LogP contribution in [-0.2, 0) is 16.6 Å². The van der Waals surface area contributed by atoms with Crippen LogP contribution in [-0.4, -0.2) is 35.4 Å². The van der Waals surface area contributed by atoms with Gasteiger partial charge in [-0.2, -0.15) is 0 Å². The zero-order chi connectivity index (χ0) is 16.9. The maximum absolute atomic E-state index is 13.4. The van der Waals surface area contributed by atoms with Crippen LogP contribution in [0.3, 0.4) is 0 Å². The summed E-state index contributed by atoms with van der Waals surface area (Å²) in [5, 5.41) is 3.43. The number of amides is 1. The van der Waals surface area contributed by atoms with Crippen molar-refractivity contribution in [2.45, 2.75) is 30.7 Å². The third-order valence-electron chi connectivity index (χ3n) is 6.36. The van der Waals surface area contributed by atoms with Gasteiger partial charge in [0.2, 0.25) is 5.91 Å². The number of fused-ring (bicyclic) bond motifs is 2. The SMILES string of the molecule is O=C(C1CC12CCc1ccccc12)N1CCNCC1c1cccnc1. The molecule has 1 aromatic carbocycles. The highest BCUT2D eigenvalue weighted by Gasteiger charge is 2.62. The summed E-state index contributed by atoms with van der Waals surface area (Å²) in [6, 6.07) is 12.8. The molecule has 25 heavy (non-hydrogen) atoms.